The standard InChI is InChI=1S/C16H11ClF3N3O/c1-9-8-23-5-4-10(6-14(23)21-9)15(24)22-13-7-11(16(18,19)20)2-3-12(13)17/h2-8H,1H3,(H,22,24). The molecular weight excluding hydrogens is 343 g/mol. The number of aromatic nitrogens is 2. The van der Waals surface area contributed by atoms with Crippen molar-refractivity contribution in [3.63, 3.8) is 0 Å². The van der Waals surface area contributed by atoms with Crippen LogP contribution in [0, 0.1) is 6.92 Å². The molecule has 24 heavy (non-hydrogen) atoms. The third-order valence-electron chi connectivity index (χ3n) is 3.38. The van der Waals surface area contributed by atoms with Crippen LogP contribution < -0.4 is 5.32 Å². The number of rotatable bonds is 2. The van der Waals surface area contributed by atoms with Gasteiger partial charge < -0.3 is 9.72 Å². The first kappa shape index (κ1) is 16.3. The van der Waals surface area contributed by atoms with Crippen molar-refractivity contribution in [2.45, 2.75) is 13.1 Å². The number of carbonyl (C=O) groups is 1. The van der Waals surface area contributed by atoms with E-state index in [1.54, 1.807) is 28.9 Å². The molecular formula is C16H11ClF3N3O. The van der Waals surface area contributed by atoms with E-state index < -0.39 is 17.6 Å². The number of imidazole rings is 1. The van der Waals surface area contributed by atoms with Crippen molar-refractivity contribution in [2.24, 2.45) is 0 Å². The number of nitrogens with zero attached hydrogens (tertiary/aromatic N) is 2. The van der Waals surface area contributed by atoms with Crippen molar-refractivity contribution in [3.8, 4) is 0 Å². The number of carbonyl (C=O) groups excluding carboxylic acids is 1. The average molecular weight is 354 g/mol. The highest BCUT2D eigenvalue weighted by atomic mass is 35.5. The van der Waals surface area contributed by atoms with Crippen LogP contribution >= 0.6 is 11.6 Å². The number of nitrogens with one attached hydrogen (secondary N) is 1. The van der Waals surface area contributed by atoms with Gasteiger partial charge >= 0.3 is 6.18 Å². The molecule has 1 N–H and O–H groups in total. The monoisotopic (exact) mass is 353 g/mol. The van der Waals surface area contributed by atoms with Crippen LogP contribution in [0.1, 0.15) is 21.6 Å². The summed E-state index contributed by atoms with van der Waals surface area (Å²) in [6.45, 7) is 1.81. The molecule has 0 unspecified atom stereocenters. The predicted octanol–water partition coefficient (Wildman–Crippen LogP) is 4.57. The van der Waals surface area contributed by atoms with Crippen molar-refractivity contribution in [1.82, 2.24) is 9.38 Å². The summed E-state index contributed by atoms with van der Waals surface area (Å²) in [4.78, 5) is 16.5. The van der Waals surface area contributed by atoms with Crippen LogP contribution in [-0.4, -0.2) is 15.3 Å². The highest BCUT2D eigenvalue weighted by molar-refractivity contribution is 6.34. The number of pyridine rings is 1. The van der Waals surface area contributed by atoms with Crippen LogP contribution in [0.25, 0.3) is 5.65 Å². The molecule has 0 radical (unpaired) electrons. The Balaban J connectivity index is 1.90. The largest absolute Gasteiger partial charge is 0.416 e. The Hall–Kier alpha value is -2.54. The number of fused-ring (bicyclic) bond motifs is 1. The van der Waals surface area contributed by atoms with Crippen molar-refractivity contribution in [2.75, 3.05) is 5.32 Å². The third-order valence-corrected chi connectivity index (χ3v) is 3.71. The minimum atomic E-state index is -4.52. The Morgan fingerprint density at radius 2 is 2.00 bits per heavy atom. The summed E-state index contributed by atoms with van der Waals surface area (Å²) < 4.78 is 40.0. The fourth-order valence-corrected chi connectivity index (χ4v) is 2.41. The maximum atomic E-state index is 12.8. The fourth-order valence-electron chi connectivity index (χ4n) is 2.24. The van der Waals surface area contributed by atoms with Crippen molar-refractivity contribution in [1.29, 1.82) is 0 Å². The quantitative estimate of drug-likeness (QED) is 0.733. The molecule has 124 valence electrons. The molecule has 3 rings (SSSR count). The molecule has 0 spiro atoms. The van der Waals surface area contributed by atoms with E-state index in [1.807, 2.05) is 6.92 Å². The van der Waals surface area contributed by atoms with Gasteiger partial charge in [0.15, 0.2) is 0 Å². The minimum absolute atomic E-state index is 0.0223. The fraction of sp³-hybridized carbons (Fsp3) is 0.125. The van der Waals surface area contributed by atoms with Crippen molar-refractivity contribution >= 4 is 28.8 Å². The summed E-state index contributed by atoms with van der Waals surface area (Å²) in [7, 11) is 0. The maximum absolute atomic E-state index is 12.8. The molecule has 3 aromatic rings. The Bertz CT molecular complexity index is 934. The number of hydrogen-bond acceptors (Lipinski definition) is 2. The average Bonchev–Trinajstić information content (AvgIpc) is 2.87. The molecule has 2 aromatic heterocycles. The van der Waals surface area contributed by atoms with Gasteiger partial charge in [0.25, 0.3) is 5.91 Å². The topological polar surface area (TPSA) is 46.4 Å². The SMILES string of the molecule is Cc1cn2ccc(C(=O)Nc3cc(C(F)(F)F)ccc3Cl)cc2n1. The van der Waals surface area contributed by atoms with Gasteiger partial charge in [-0.1, -0.05) is 11.6 Å². The Morgan fingerprint density at radius 3 is 2.71 bits per heavy atom. The molecule has 1 aromatic carbocycles. The van der Waals surface area contributed by atoms with Crippen LogP contribution in [0.4, 0.5) is 18.9 Å². The van der Waals surface area contributed by atoms with Gasteiger partial charge in [0.1, 0.15) is 5.65 Å². The number of hydrogen-bond donors (Lipinski definition) is 1. The van der Waals surface area contributed by atoms with E-state index in [0.29, 0.717) is 5.65 Å². The van der Waals surface area contributed by atoms with Gasteiger partial charge in [-0.3, -0.25) is 4.79 Å². The molecule has 0 aliphatic rings. The number of halogens is 4. The van der Waals surface area contributed by atoms with Crippen LogP contribution in [0.15, 0.2) is 42.7 Å². The second-order valence-electron chi connectivity index (χ2n) is 5.21. The lowest BCUT2D eigenvalue weighted by atomic mass is 10.2. The second-order valence-corrected chi connectivity index (χ2v) is 5.62. The van der Waals surface area contributed by atoms with Gasteiger partial charge in [-0.05, 0) is 37.3 Å². The van der Waals surface area contributed by atoms with Gasteiger partial charge in [0, 0.05) is 18.0 Å². The molecule has 2 heterocycles. The maximum Gasteiger partial charge on any atom is 0.416 e. The lowest BCUT2D eigenvalue weighted by Crippen LogP contribution is -2.14. The zero-order valence-corrected chi connectivity index (χ0v) is 13.1. The van der Waals surface area contributed by atoms with Gasteiger partial charge in [0.2, 0.25) is 0 Å². The van der Waals surface area contributed by atoms with Crippen LogP contribution in [0.3, 0.4) is 0 Å². The molecule has 0 fully saturated rings. The van der Waals surface area contributed by atoms with E-state index in [4.69, 9.17) is 11.6 Å². The smallest absolute Gasteiger partial charge is 0.321 e. The van der Waals surface area contributed by atoms with Gasteiger partial charge in [0.05, 0.1) is 22.0 Å². The van der Waals surface area contributed by atoms with E-state index in [0.717, 1.165) is 23.9 Å². The highest BCUT2D eigenvalue weighted by Gasteiger charge is 2.31. The minimum Gasteiger partial charge on any atom is -0.321 e. The van der Waals surface area contributed by atoms with E-state index in [9.17, 15) is 18.0 Å². The first-order valence-corrected chi connectivity index (χ1v) is 7.25. The summed E-state index contributed by atoms with van der Waals surface area (Å²) in [5, 5.41) is 2.42. The second kappa shape index (κ2) is 5.83. The van der Waals surface area contributed by atoms with Gasteiger partial charge in [-0.25, -0.2) is 4.98 Å². The van der Waals surface area contributed by atoms with E-state index in [-0.39, 0.29) is 16.3 Å². The molecule has 0 aliphatic heterocycles. The van der Waals surface area contributed by atoms with Crippen molar-refractivity contribution in [3.05, 3.63) is 64.6 Å². The normalized spacial score (nSPS) is 11.7. The zero-order valence-electron chi connectivity index (χ0n) is 12.4. The predicted molar refractivity (Wildman–Crippen MR) is 84.3 cm³/mol. The molecule has 0 saturated heterocycles. The molecule has 4 nitrogen and oxygen atoms in total. The van der Waals surface area contributed by atoms with Crippen molar-refractivity contribution < 1.29 is 18.0 Å². The van der Waals surface area contributed by atoms with Crippen LogP contribution in [0.5, 0.6) is 0 Å². The molecule has 1 amide bonds. The number of benzene rings is 1. The third kappa shape index (κ3) is 3.21. The first-order valence-electron chi connectivity index (χ1n) is 6.87. The lowest BCUT2D eigenvalue weighted by molar-refractivity contribution is -0.137. The summed E-state index contributed by atoms with van der Waals surface area (Å²) >= 11 is 5.88. The van der Waals surface area contributed by atoms with Crippen LogP contribution in [0.2, 0.25) is 5.02 Å². The molecule has 0 atom stereocenters. The number of aryl methyl sites for hydroxylation is 1. The number of alkyl halides is 3. The lowest BCUT2D eigenvalue weighted by Gasteiger charge is -2.11. The number of amides is 1. The molecule has 0 aliphatic carbocycles. The highest BCUT2D eigenvalue weighted by Crippen LogP contribution is 2.34. The first-order chi connectivity index (χ1) is 11.2. The van der Waals surface area contributed by atoms with Crippen LogP contribution in [-0.2, 0) is 6.18 Å². The molecule has 0 saturated carbocycles. The van der Waals surface area contributed by atoms with E-state index >= 15 is 0 Å². The Kier molecular flexibility index (Phi) is 3.96. The summed E-state index contributed by atoms with van der Waals surface area (Å²) in [6.07, 6.45) is -1.07. The van der Waals surface area contributed by atoms with E-state index in [2.05, 4.69) is 10.3 Å². The molecule has 8 heteroatoms. The van der Waals surface area contributed by atoms with E-state index in [1.165, 1.54) is 0 Å². The summed E-state index contributed by atoms with van der Waals surface area (Å²) in [6, 6.07) is 5.85. The van der Waals surface area contributed by atoms with Gasteiger partial charge in [-0.15, -0.1) is 0 Å². The zero-order chi connectivity index (χ0) is 17.5. The Morgan fingerprint density at radius 1 is 1.25 bits per heavy atom. The summed E-state index contributed by atoms with van der Waals surface area (Å²) in [5.41, 5.74) is 0.628. The molecule has 0 bridgehead atoms. The summed E-state index contributed by atoms with van der Waals surface area (Å²) in [5.74, 6) is -0.570. The van der Waals surface area contributed by atoms with Gasteiger partial charge in [-0.2, -0.15) is 13.2 Å². The number of anilines is 1. The Labute approximate surface area is 139 Å².